The zero-order valence-electron chi connectivity index (χ0n) is 14.6. The van der Waals surface area contributed by atoms with E-state index in [9.17, 15) is 13.6 Å². The fourth-order valence-electron chi connectivity index (χ4n) is 2.27. The maximum atomic E-state index is 12.5. The molecule has 0 saturated heterocycles. The number of amides is 1. The van der Waals surface area contributed by atoms with Crippen LogP contribution in [0.3, 0.4) is 0 Å². The quantitative estimate of drug-likeness (QED) is 0.566. The molecule has 2 aromatic carbocycles. The minimum atomic E-state index is -1.95. The summed E-state index contributed by atoms with van der Waals surface area (Å²) >= 11 is 5.52. The third-order valence-electron chi connectivity index (χ3n) is 3.57. The highest BCUT2D eigenvalue weighted by atomic mass is 35.5. The molecule has 0 spiro atoms. The molecule has 1 amide bonds. The first-order chi connectivity index (χ1) is 13.0. The molecular weight excluding hydrogens is 378 g/mol. The van der Waals surface area contributed by atoms with E-state index in [0.29, 0.717) is 16.9 Å². The van der Waals surface area contributed by atoms with Crippen molar-refractivity contribution in [3.05, 3.63) is 71.3 Å². The van der Waals surface area contributed by atoms with Gasteiger partial charge in [-0.05, 0) is 35.4 Å². The first-order valence-corrected chi connectivity index (χ1v) is 8.21. The molecule has 0 radical (unpaired) electrons. The lowest BCUT2D eigenvalue weighted by Crippen LogP contribution is -2.29. The molecule has 2 rings (SSSR count). The number of ether oxygens (including phenoxy) is 1. The largest absolute Gasteiger partial charge is 0.489 e. The van der Waals surface area contributed by atoms with Crippen LogP contribution in [0, 0.1) is 0 Å². The van der Waals surface area contributed by atoms with Gasteiger partial charge in [0.2, 0.25) is 0 Å². The van der Waals surface area contributed by atoms with Crippen molar-refractivity contribution < 1.29 is 23.1 Å². The summed E-state index contributed by atoms with van der Waals surface area (Å²) in [5, 5.41) is 5.69. The maximum Gasteiger partial charge on any atom is 0.289 e. The monoisotopic (exact) mass is 394 g/mol. The summed E-state index contributed by atoms with van der Waals surface area (Å²) in [4.78, 5) is 16.8. The number of nitrogens with zero attached hydrogens (tertiary/aromatic N) is 1. The van der Waals surface area contributed by atoms with Crippen molar-refractivity contribution in [3.63, 3.8) is 0 Å². The van der Waals surface area contributed by atoms with Gasteiger partial charge in [0.05, 0.1) is 0 Å². The summed E-state index contributed by atoms with van der Waals surface area (Å²) in [5.74, 6) is 0.0609. The molecule has 0 fully saturated rings. The SMILES string of the molecule is CNC(=O)/C(=N/OC)c1ccccc1COc1ccc(C(Cl)=C(F)F)cc1. The molecule has 27 heavy (non-hydrogen) atoms. The molecule has 8 heteroatoms. The van der Waals surface area contributed by atoms with Gasteiger partial charge in [-0.1, -0.05) is 41.0 Å². The summed E-state index contributed by atoms with van der Waals surface area (Å²) in [6.45, 7) is 0.135. The molecule has 5 nitrogen and oxygen atoms in total. The smallest absolute Gasteiger partial charge is 0.289 e. The number of nitrogens with one attached hydrogen (secondary N) is 1. The number of likely N-dealkylation sites (N-methyl/N-ethyl adjacent to an activating group) is 1. The third-order valence-corrected chi connectivity index (χ3v) is 3.93. The Morgan fingerprint density at radius 2 is 1.81 bits per heavy atom. The summed E-state index contributed by atoms with van der Waals surface area (Å²) in [5.41, 5.74) is 1.57. The molecule has 0 bridgehead atoms. The van der Waals surface area contributed by atoms with Gasteiger partial charge in [0.1, 0.15) is 24.5 Å². The second-order valence-electron chi connectivity index (χ2n) is 5.25. The van der Waals surface area contributed by atoms with E-state index < -0.39 is 17.0 Å². The van der Waals surface area contributed by atoms with Gasteiger partial charge in [0.15, 0.2) is 5.71 Å². The van der Waals surface area contributed by atoms with E-state index >= 15 is 0 Å². The number of benzene rings is 2. The lowest BCUT2D eigenvalue weighted by molar-refractivity contribution is -0.114. The Morgan fingerprint density at radius 3 is 2.41 bits per heavy atom. The van der Waals surface area contributed by atoms with Crippen molar-refractivity contribution in [1.29, 1.82) is 0 Å². The lowest BCUT2D eigenvalue weighted by Gasteiger charge is -2.12. The van der Waals surface area contributed by atoms with Crippen LogP contribution in [0.2, 0.25) is 0 Å². The van der Waals surface area contributed by atoms with Crippen molar-refractivity contribution >= 4 is 28.3 Å². The molecule has 1 N–H and O–H groups in total. The topological polar surface area (TPSA) is 59.9 Å². The van der Waals surface area contributed by atoms with Gasteiger partial charge in [-0.15, -0.1) is 0 Å². The zero-order valence-corrected chi connectivity index (χ0v) is 15.4. The van der Waals surface area contributed by atoms with Crippen LogP contribution in [0.5, 0.6) is 5.75 Å². The van der Waals surface area contributed by atoms with Gasteiger partial charge < -0.3 is 14.9 Å². The predicted molar refractivity (Wildman–Crippen MR) is 99.8 cm³/mol. The molecule has 0 aliphatic carbocycles. The highest BCUT2D eigenvalue weighted by Crippen LogP contribution is 2.26. The number of hydrogen-bond acceptors (Lipinski definition) is 4. The number of halogens is 3. The van der Waals surface area contributed by atoms with Crippen molar-refractivity contribution in [1.82, 2.24) is 5.32 Å². The lowest BCUT2D eigenvalue weighted by atomic mass is 10.0. The average Bonchev–Trinajstić information content (AvgIpc) is 2.70. The summed E-state index contributed by atoms with van der Waals surface area (Å²) < 4.78 is 30.7. The molecule has 0 aliphatic heterocycles. The first kappa shape index (κ1) is 20.4. The molecule has 0 saturated carbocycles. The van der Waals surface area contributed by atoms with E-state index in [4.69, 9.17) is 21.2 Å². The molecule has 0 aromatic heterocycles. The average molecular weight is 395 g/mol. The van der Waals surface area contributed by atoms with Gasteiger partial charge in [-0.2, -0.15) is 8.78 Å². The fraction of sp³-hybridized carbons (Fsp3) is 0.158. The number of hydrogen-bond donors (Lipinski definition) is 1. The van der Waals surface area contributed by atoms with Crippen molar-refractivity contribution in [2.75, 3.05) is 14.2 Å². The van der Waals surface area contributed by atoms with Crippen LogP contribution in [0.4, 0.5) is 8.78 Å². The number of rotatable bonds is 7. The zero-order chi connectivity index (χ0) is 19.8. The minimum Gasteiger partial charge on any atom is -0.489 e. The van der Waals surface area contributed by atoms with Crippen molar-refractivity contribution in [2.24, 2.45) is 5.16 Å². The Bertz CT molecular complexity index is 864. The molecule has 2 aromatic rings. The molecule has 0 unspecified atom stereocenters. The molecule has 0 atom stereocenters. The fourth-order valence-corrected chi connectivity index (χ4v) is 2.39. The predicted octanol–water partition coefficient (Wildman–Crippen LogP) is 4.17. The number of oxime groups is 1. The van der Waals surface area contributed by atoms with Crippen molar-refractivity contribution in [3.8, 4) is 5.75 Å². The normalized spacial score (nSPS) is 10.9. The Kier molecular flexibility index (Phi) is 7.31. The van der Waals surface area contributed by atoms with Crippen LogP contribution in [-0.4, -0.2) is 25.8 Å². The Morgan fingerprint density at radius 1 is 1.15 bits per heavy atom. The van der Waals surface area contributed by atoms with E-state index in [1.54, 1.807) is 24.3 Å². The van der Waals surface area contributed by atoms with E-state index in [1.165, 1.54) is 38.4 Å². The van der Waals surface area contributed by atoms with Gasteiger partial charge in [-0.3, -0.25) is 4.79 Å². The van der Waals surface area contributed by atoms with E-state index in [2.05, 4.69) is 10.5 Å². The minimum absolute atomic E-state index is 0.116. The molecule has 142 valence electrons. The highest BCUT2D eigenvalue weighted by Gasteiger charge is 2.17. The van der Waals surface area contributed by atoms with Crippen LogP contribution in [0.15, 0.2) is 59.8 Å². The van der Waals surface area contributed by atoms with E-state index in [0.717, 1.165) is 0 Å². The van der Waals surface area contributed by atoms with Crippen LogP contribution in [0.25, 0.3) is 5.03 Å². The molecule has 0 aliphatic rings. The second-order valence-corrected chi connectivity index (χ2v) is 5.62. The van der Waals surface area contributed by atoms with Gasteiger partial charge >= 0.3 is 0 Å². The molecule has 0 heterocycles. The van der Waals surface area contributed by atoms with Crippen LogP contribution < -0.4 is 10.1 Å². The second kappa shape index (κ2) is 9.68. The summed E-state index contributed by atoms with van der Waals surface area (Å²) in [6.07, 6.45) is -1.95. The Balaban J connectivity index is 2.21. The number of carbonyl (C=O) groups is 1. The van der Waals surface area contributed by atoms with E-state index in [1.807, 2.05) is 0 Å². The van der Waals surface area contributed by atoms with Gasteiger partial charge in [-0.25, -0.2) is 0 Å². The first-order valence-electron chi connectivity index (χ1n) is 7.83. The standard InChI is InChI=1S/C19H17ClF2N2O3/c1-23-19(25)17(24-26-2)15-6-4-3-5-13(15)11-27-14-9-7-12(8-10-14)16(20)18(21)22/h3-10H,11H2,1-2H3,(H,23,25)/b24-17+. The molecular formula is C19H17ClF2N2O3. The Hall–Kier alpha value is -2.93. The summed E-state index contributed by atoms with van der Waals surface area (Å²) in [7, 11) is 2.84. The van der Waals surface area contributed by atoms with E-state index in [-0.39, 0.29) is 17.9 Å². The van der Waals surface area contributed by atoms with Crippen molar-refractivity contribution in [2.45, 2.75) is 6.61 Å². The third kappa shape index (κ3) is 5.27. The number of carbonyl (C=O) groups excluding carboxylic acids is 1. The van der Waals surface area contributed by atoms with Gasteiger partial charge in [0, 0.05) is 12.6 Å². The van der Waals surface area contributed by atoms with Gasteiger partial charge in [0.25, 0.3) is 12.0 Å². The maximum absolute atomic E-state index is 12.5. The Labute approximate surface area is 160 Å². The highest BCUT2D eigenvalue weighted by molar-refractivity contribution is 6.48. The van der Waals surface area contributed by atoms with Crippen LogP contribution in [-0.2, 0) is 16.2 Å². The summed E-state index contributed by atoms with van der Waals surface area (Å²) in [6, 6.07) is 13.0. The van der Waals surface area contributed by atoms with Crippen LogP contribution >= 0.6 is 11.6 Å². The van der Waals surface area contributed by atoms with Crippen LogP contribution in [0.1, 0.15) is 16.7 Å².